The van der Waals surface area contributed by atoms with E-state index in [2.05, 4.69) is 17.3 Å². The fourth-order valence-electron chi connectivity index (χ4n) is 3.45. The number of phenolic OH excluding ortho intramolecular Hbond substituents is 1. The molecule has 1 heterocycles. The molecule has 3 rings (SSSR count). The second-order valence-electron chi connectivity index (χ2n) is 7.50. The van der Waals surface area contributed by atoms with E-state index in [1.165, 1.54) is 16.8 Å². The Morgan fingerprint density at radius 1 is 1.06 bits per heavy atom. The third kappa shape index (κ3) is 5.30. The van der Waals surface area contributed by atoms with Gasteiger partial charge >= 0.3 is 0 Å². The van der Waals surface area contributed by atoms with Gasteiger partial charge in [-0.1, -0.05) is 50.1 Å². The van der Waals surface area contributed by atoms with Crippen molar-refractivity contribution in [2.45, 2.75) is 45.2 Å². The third-order valence-corrected chi connectivity index (χ3v) is 5.16. The molecule has 2 aromatic carbocycles. The lowest BCUT2D eigenvalue weighted by molar-refractivity contribution is -0.131. The van der Waals surface area contributed by atoms with E-state index in [4.69, 9.17) is 5.21 Å². The van der Waals surface area contributed by atoms with E-state index in [0.717, 1.165) is 19.3 Å². The van der Waals surface area contributed by atoms with E-state index in [1.54, 1.807) is 41.9 Å². The fourth-order valence-corrected chi connectivity index (χ4v) is 3.45. The van der Waals surface area contributed by atoms with Gasteiger partial charge in [0.05, 0.1) is 5.39 Å². The SMILES string of the molecule is CCCCCn1nc(C(=O)NC(Cc2ccc(O)cc2)C(=O)NO)c2ccccc2c1=O. The average molecular weight is 438 g/mol. The second-order valence-corrected chi connectivity index (χ2v) is 7.50. The van der Waals surface area contributed by atoms with Crippen molar-refractivity contribution in [3.8, 4) is 5.75 Å². The van der Waals surface area contributed by atoms with Crippen LogP contribution < -0.4 is 16.4 Å². The van der Waals surface area contributed by atoms with Crippen LogP contribution >= 0.6 is 0 Å². The van der Waals surface area contributed by atoms with Crippen molar-refractivity contribution in [2.24, 2.45) is 0 Å². The smallest absolute Gasteiger partial charge is 0.274 e. The number of nitrogens with zero attached hydrogens (tertiary/aromatic N) is 2. The molecule has 3 aromatic rings. The molecule has 0 aliphatic carbocycles. The number of phenols is 1. The molecule has 0 aliphatic heterocycles. The molecule has 32 heavy (non-hydrogen) atoms. The summed E-state index contributed by atoms with van der Waals surface area (Å²) in [4.78, 5) is 38.1. The summed E-state index contributed by atoms with van der Waals surface area (Å²) >= 11 is 0. The number of aromatic nitrogens is 2. The monoisotopic (exact) mass is 438 g/mol. The number of fused-ring (bicyclic) bond motifs is 1. The van der Waals surface area contributed by atoms with Gasteiger partial charge in [-0.3, -0.25) is 19.6 Å². The maximum Gasteiger partial charge on any atom is 0.274 e. The van der Waals surface area contributed by atoms with Crippen LogP contribution in [0.5, 0.6) is 5.75 Å². The molecule has 0 spiro atoms. The molecule has 0 aliphatic rings. The van der Waals surface area contributed by atoms with Crippen molar-refractivity contribution in [1.29, 1.82) is 0 Å². The van der Waals surface area contributed by atoms with Crippen molar-refractivity contribution in [2.75, 3.05) is 0 Å². The van der Waals surface area contributed by atoms with Crippen LogP contribution in [0.25, 0.3) is 10.8 Å². The first-order chi connectivity index (χ1) is 15.4. The van der Waals surface area contributed by atoms with Gasteiger partial charge in [0.15, 0.2) is 5.69 Å². The van der Waals surface area contributed by atoms with E-state index in [9.17, 15) is 19.5 Å². The van der Waals surface area contributed by atoms with Crippen molar-refractivity contribution < 1.29 is 19.9 Å². The summed E-state index contributed by atoms with van der Waals surface area (Å²) < 4.78 is 1.29. The zero-order valence-corrected chi connectivity index (χ0v) is 17.7. The number of hydroxylamine groups is 1. The number of aromatic hydroxyl groups is 1. The van der Waals surface area contributed by atoms with Gasteiger partial charge in [-0.05, 0) is 30.2 Å². The fraction of sp³-hybridized carbons (Fsp3) is 0.304. The topological polar surface area (TPSA) is 134 Å². The minimum Gasteiger partial charge on any atom is -0.508 e. The normalized spacial score (nSPS) is 11.8. The number of amides is 2. The first-order valence-corrected chi connectivity index (χ1v) is 10.5. The summed E-state index contributed by atoms with van der Waals surface area (Å²) in [5.74, 6) is -1.37. The summed E-state index contributed by atoms with van der Waals surface area (Å²) in [5.41, 5.74) is 1.98. The summed E-state index contributed by atoms with van der Waals surface area (Å²) in [6, 6.07) is 11.7. The first-order valence-electron chi connectivity index (χ1n) is 10.5. The molecule has 1 aromatic heterocycles. The Balaban J connectivity index is 1.93. The van der Waals surface area contributed by atoms with Crippen LogP contribution in [-0.4, -0.2) is 38.0 Å². The van der Waals surface area contributed by atoms with Crippen molar-refractivity contribution >= 4 is 22.6 Å². The molecule has 0 fully saturated rings. The number of nitrogens with one attached hydrogen (secondary N) is 2. The Morgan fingerprint density at radius 3 is 2.41 bits per heavy atom. The highest BCUT2D eigenvalue weighted by Crippen LogP contribution is 2.15. The van der Waals surface area contributed by atoms with Gasteiger partial charge < -0.3 is 10.4 Å². The van der Waals surface area contributed by atoms with Crippen molar-refractivity contribution in [3.63, 3.8) is 0 Å². The van der Waals surface area contributed by atoms with Gasteiger partial charge in [0.1, 0.15) is 11.8 Å². The number of rotatable bonds is 9. The molecular formula is C23H26N4O5. The largest absolute Gasteiger partial charge is 0.508 e. The van der Waals surface area contributed by atoms with Crippen molar-refractivity contribution in [1.82, 2.24) is 20.6 Å². The van der Waals surface area contributed by atoms with Gasteiger partial charge in [0, 0.05) is 18.4 Å². The third-order valence-electron chi connectivity index (χ3n) is 5.16. The van der Waals surface area contributed by atoms with Gasteiger partial charge in [-0.2, -0.15) is 5.10 Å². The molecule has 4 N–H and O–H groups in total. The minimum absolute atomic E-state index is 0.0261. The standard InChI is InChI=1S/C23H26N4O5/c1-2-3-6-13-27-23(31)18-8-5-4-7-17(18)20(25-27)22(30)24-19(21(29)26-32)14-15-9-11-16(28)12-10-15/h4-5,7-12,19,28,32H,2-3,6,13-14H2,1H3,(H,24,30)(H,26,29). The number of benzene rings is 2. The molecule has 9 nitrogen and oxygen atoms in total. The van der Waals surface area contributed by atoms with Crippen LogP contribution in [0.15, 0.2) is 53.3 Å². The quantitative estimate of drug-likeness (QED) is 0.230. The van der Waals surface area contributed by atoms with Crippen LogP contribution in [0, 0.1) is 0 Å². The van der Waals surface area contributed by atoms with Gasteiger partial charge in [0.2, 0.25) is 0 Å². The molecule has 0 saturated heterocycles. The summed E-state index contributed by atoms with van der Waals surface area (Å²) in [7, 11) is 0. The summed E-state index contributed by atoms with van der Waals surface area (Å²) in [6.45, 7) is 2.43. The van der Waals surface area contributed by atoms with Crippen LogP contribution in [-0.2, 0) is 17.8 Å². The average Bonchev–Trinajstić information content (AvgIpc) is 2.81. The van der Waals surface area contributed by atoms with Crippen LogP contribution in [0.4, 0.5) is 0 Å². The molecule has 1 unspecified atom stereocenters. The van der Waals surface area contributed by atoms with Crippen molar-refractivity contribution in [3.05, 3.63) is 70.1 Å². The van der Waals surface area contributed by atoms with E-state index in [0.29, 0.717) is 22.9 Å². The zero-order valence-electron chi connectivity index (χ0n) is 17.7. The Morgan fingerprint density at radius 2 is 1.75 bits per heavy atom. The molecule has 2 amide bonds. The number of unbranched alkanes of at least 4 members (excludes halogenated alkanes) is 2. The summed E-state index contributed by atoms with van der Waals surface area (Å²) in [6.07, 6.45) is 2.73. The van der Waals surface area contributed by atoms with Gasteiger partial charge in [0.25, 0.3) is 17.4 Å². The maximum atomic E-state index is 13.1. The molecule has 0 bridgehead atoms. The highest BCUT2D eigenvalue weighted by molar-refractivity contribution is 6.06. The number of aryl methyl sites for hydroxylation is 1. The number of hydrogen-bond donors (Lipinski definition) is 4. The number of hydrogen-bond acceptors (Lipinski definition) is 6. The highest BCUT2D eigenvalue weighted by atomic mass is 16.5. The first kappa shape index (κ1) is 23.0. The lowest BCUT2D eigenvalue weighted by Crippen LogP contribution is -2.47. The minimum atomic E-state index is -1.10. The zero-order chi connectivity index (χ0) is 23.1. The Hall–Kier alpha value is -3.72. The van der Waals surface area contributed by atoms with Crippen LogP contribution in [0.3, 0.4) is 0 Å². The Kier molecular flexibility index (Phi) is 7.56. The van der Waals surface area contributed by atoms with Gasteiger partial charge in [-0.15, -0.1) is 0 Å². The molecule has 9 heteroatoms. The number of carbonyl (C=O) groups excluding carboxylic acids is 2. The van der Waals surface area contributed by atoms with Gasteiger partial charge in [-0.25, -0.2) is 10.2 Å². The molecule has 168 valence electrons. The Labute approximate surface area is 184 Å². The predicted octanol–water partition coefficient (Wildman–Crippen LogP) is 2.14. The van der Waals surface area contributed by atoms with E-state index in [-0.39, 0.29) is 23.4 Å². The lowest BCUT2D eigenvalue weighted by atomic mass is 10.0. The Bertz CT molecular complexity index is 1160. The van der Waals surface area contributed by atoms with E-state index >= 15 is 0 Å². The van der Waals surface area contributed by atoms with E-state index in [1.807, 2.05) is 0 Å². The lowest BCUT2D eigenvalue weighted by Gasteiger charge is -2.18. The van der Waals surface area contributed by atoms with Crippen LogP contribution in [0.1, 0.15) is 42.2 Å². The summed E-state index contributed by atoms with van der Waals surface area (Å²) in [5, 5.41) is 26.2. The van der Waals surface area contributed by atoms with E-state index < -0.39 is 17.9 Å². The molecular weight excluding hydrogens is 412 g/mol. The second kappa shape index (κ2) is 10.5. The molecule has 1 atom stereocenters. The van der Waals surface area contributed by atoms with Crippen LogP contribution in [0.2, 0.25) is 0 Å². The molecule has 0 radical (unpaired) electrons. The predicted molar refractivity (Wildman–Crippen MR) is 119 cm³/mol. The number of carbonyl (C=O) groups is 2. The maximum absolute atomic E-state index is 13.1. The molecule has 0 saturated carbocycles. The highest BCUT2D eigenvalue weighted by Gasteiger charge is 2.24.